The van der Waals surface area contributed by atoms with Crippen molar-refractivity contribution in [2.45, 2.75) is 38.8 Å². The van der Waals surface area contributed by atoms with Gasteiger partial charge in [0.15, 0.2) is 0 Å². The van der Waals surface area contributed by atoms with Crippen LogP contribution in [-0.2, 0) is 11.3 Å². The molecule has 2 aromatic heterocycles. The number of unbranched alkanes of at least 4 members (excludes halogenated alkanes) is 1. The van der Waals surface area contributed by atoms with Crippen LogP contribution in [0, 0.1) is 0 Å². The summed E-state index contributed by atoms with van der Waals surface area (Å²) < 4.78 is 52.8. The SMILES string of the molecule is C[C@@H](COCCCCNCc1ccc(OC(F)(F)F)c(Cl)c1)Oc1nc2cc(C(N)=O)ccc2c2cnccc12. The van der Waals surface area contributed by atoms with Gasteiger partial charge in [0.05, 0.1) is 17.1 Å². The van der Waals surface area contributed by atoms with Crippen LogP contribution in [0.2, 0.25) is 5.02 Å². The lowest BCUT2D eigenvalue weighted by molar-refractivity contribution is -0.274. The van der Waals surface area contributed by atoms with Crippen LogP contribution >= 0.6 is 11.6 Å². The second-order valence-corrected chi connectivity index (χ2v) is 9.54. The molecule has 212 valence electrons. The summed E-state index contributed by atoms with van der Waals surface area (Å²) in [6.07, 6.45) is -0.0271. The lowest BCUT2D eigenvalue weighted by Crippen LogP contribution is -2.21. The van der Waals surface area contributed by atoms with Gasteiger partial charge < -0.3 is 25.3 Å². The summed E-state index contributed by atoms with van der Waals surface area (Å²) in [7, 11) is 0. The molecule has 1 atom stereocenters. The summed E-state index contributed by atoms with van der Waals surface area (Å²) >= 11 is 5.88. The van der Waals surface area contributed by atoms with Crippen LogP contribution in [0.25, 0.3) is 21.7 Å². The molecular formula is C28H28ClF3N4O4. The molecule has 4 aromatic rings. The van der Waals surface area contributed by atoms with Gasteiger partial charge >= 0.3 is 6.36 Å². The summed E-state index contributed by atoms with van der Waals surface area (Å²) in [6, 6.07) is 11.1. The average molecular weight is 577 g/mol. The van der Waals surface area contributed by atoms with Crippen LogP contribution in [0.5, 0.6) is 11.6 Å². The molecule has 0 bridgehead atoms. The fraction of sp³-hybridized carbons (Fsp3) is 0.321. The van der Waals surface area contributed by atoms with Gasteiger partial charge in [0.25, 0.3) is 0 Å². The average Bonchev–Trinajstić information content (AvgIpc) is 2.90. The Bertz CT molecular complexity index is 1490. The Balaban J connectivity index is 1.20. The molecule has 1 amide bonds. The third-order valence-electron chi connectivity index (χ3n) is 5.95. The minimum Gasteiger partial charge on any atom is -0.472 e. The summed E-state index contributed by atoms with van der Waals surface area (Å²) in [5.41, 5.74) is 7.12. The molecule has 0 fully saturated rings. The highest BCUT2D eigenvalue weighted by Gasteiger charge is 2.32. The number of hydrogen-bond donors (Lipinski definition) is 2. The van der Waals surface area contributed by atoms with Crippen molar-refractivity contribution in [1.82, 2.24) is 15.3 Å². The number of hydrogen-bond acceptors (Lipinski definition) is 7. The van der Waals surface area contributed by atoms with Gasteiger partial charge in [-0.2, -0.15) is 0 Å². The molecule has 0 saturated heterocycles. The summed E-state index contributed by atoms with van der Waals surface area (Å²) in [5.74, 6) is -0.538. The maximum atomic E-state index is 12.4. The molecule has 4 rings (SSSR count). The van der Waals surface area contributed by atoms with Crippen LogP contribution in [0.1, 0.15) is 35.7 Å². The standard InChI is InChI=1S/C28H28ClF3N4O4/c1-17(16-38-11-3-2-9-34-14-18-4-7-25(23(29)12-18)40-28(30,31)32)39-27-21-8-10-35-15-22(21)20-6-5-19(26(33)37)13-24(20)36-27/h4-8,10,12-13,15,17,34H,2-3,9,11,14,16H2,1H3,(H2,33,37)/t17-/m0/s1. The van der Waals surface area contributed by atoms with E-state index >= 15 is 0 Å². The van der Waals surface area contributed by atoms with Crippen LogP contribution in [0.3, 0.4) is 0 Å². The van der Waals surface area contributed by atoms with Crippen molar-refractivity contribution in [3.8, 4) is 11.6 Å². The number of ether oxygens (including phenoxy) is 3. The molecule has 0 saturated carbocycles. The Kier molecular flexibility index (Phi) is 9.62. The molecule has 12 heteroatoms. The topological polar surface area (TPSA) is 109 Å². The van der Waals surface area contributed by atoms with Crippen molar-refractivity contribution in [1.29, 1.82) is 0 Å². The number of amides is 1. The van der Waals surface area contributed by atoms with Gasteiger partial charge in [0.1, 0.15) is 11.9 Å². The lowest BCUT2D eigenvalue weighted by atomic mass is 10.1. The quantitative estimate of drug-likeness (QED) is 0.153. The van der Waals surface area contributed by atoms with E-state index in [0.717, 1.165) is 34.6 Å². The van der Waals surface area contributed by atoms with E-state index in [4.69, 9.17) is 26.8 Å². The normalized spacial score (nSPS) is 12.5. The fourth-order valence-corrected chi connectivity index (χ4v) is 4.32. The Hall–Kier alpha value is -3.67. The molecule has 0 radical (unpaired) electrons. The Morgan fingerprint density at radius 1 is 1.10 bits per heavy atom. The lowest BCUT2D eigenvalue weighted by Gasteiger charge is -2.17. The fourth-order valence-electron chi connectivity index (χ4n) is 4.08. The molecule has 40 heavy (non-hydrogen) atoms. The third-order valence-corrected chi connectivity index (χ3v) is 6.25. The summed E-state index contributed by atoms with van der Waals surface area (Å²) in [4.78, 5) is 20.5. The van der Waals surface area contributed by atoms with Crippen LogP contribution in [-0.4, -0.2) is 48.1 Å². The van der Waals surface area contributed by atoms with Crippen LogP contribution < -0.4 is 20.5 Å². The van der Waals surface area contributed by atoms with E-state index < -0.39 is 18.0 Å². The molecule has 0 aliphatic carbocycles. The minimum absolute atomic E-state index is 0.0969. The number of aromatic nitrogens is 2. The number of nitrogens with zero attached hydrogens (tertiary/aromatic N) is 2. The first-order chi connectivity index (χ1) is 19.1. The minimum atomic E-state index is -4.79. The van der Waals surface area contributed by atoms with Crippen molar-refractivity contribution >= 4 is 39.2 Å². The number of pyridine rings is 2. The van der Waals surface area contributed by atoms with Gasteiger partial charge in [-0.25, -0.2) is 4.98 Å². The Morgan fingerprint density at radius 2 is 1.93 bits per heavy atom. The van der Waals surface area contributed by atoms with Crippen molar-refractivity contribution in [2.75, 3.05) is 19.8 Å². The Labute approximate surface area is 233 Å². The number of rotatable bonds is 13. The van der Waals surface area contributed by atoms with Gasteiger partial charge in [-0.05, 0) is 62.2 Å². The van der Waals surface area contributed by atoms with Gasteiger partial charge in [-0.1, -0.05) is 23.7 Å². The van der Waals surface area contributed by atoms with E-state index in [1.165, 1.54) is 18.2 Å². The zero-order valence-corrected chi connectivity index (χ0v) is 22.4. The van der Waals surface area contributed by atoms with Crippen LogP contribution in [0.4, 0.5) is 13.2 Å². The first-order valence-corrected chi connectivity index (χ1v) is 12.9. The van der Waals surface area contributed by atoms with E-state index in [9.17, 15) is 18.0 Å². The smallest absolute Gasteiger partial charge is 0.472 e. The maximum Gasteiger partial charge on any atom is 0.573 e. The molecule has 0 unspecified atom stereocenters. The zero-order valence-electron chi connectivity index (χ0n) is 21.6. The van der Waals surface area contributed by atoms with Crippen molar-refractivity contribution in [3.05, 3.63) is 71.0 Å². The number of carbonyl (C=O) groups is 1. The third kappa shape index (κ3) is 7.93. The molecule has 2 heterocycles. The van der Waals surface area contributed by atoms with Gasteiger partial charge in [-0.3, -0.25) is 9.78 Å². The molecule has 8 nitrogen and oxygen atoms in total. The zero-order chi connectivity index (χ0) is 28.7. The summed E-state index contributed by atoms with van der Waals surface area (Å²) in [6.45, 7) is 3.92. The number of alkyl halides is 3. The molecule has 0 aliphatic heterocycles. The largest absolute Gasteiger partial charge is 0.573 e. The number of primary amides is 1. The first kappa shape index (κ1) is 29.3. The number of fused-ring (bicyclic) bond motifs is 3. The maximum absolute atomic E-state index is 12.4. The summed E-state index contributed by atoms with van der Waals surface area (Å²) in [5, 5.41) is 5.63. The number of nitrogens with two attached hydrogens (primary N) is 1. The number of halogens is 4. The number of nitrogens with one attached hydrogen (secondary N) is 1. The van der Waals surface area contributed by atoms with Gasteiger partial charge in [0.2, 0.25) is 11.8 Å². The van der Waals surface area contributed by atoms with E-state index in [1.54, 1.807) is 30.6 Å². The highest BCUT2D eigenvalue weighted by molar-refractivity contribution is 6.32. The van der Waals surface area contributed by atoms with E-state index in [1.807, 2.05) is 13.0 Å². The van der Waals surface area contributed by atoms with E-state index in [0.29, 0.717) is 43.3 Å². The molecule has 0 spiro atoms. The predicted molar refractivity (Wildman–Crippen MR) is 146 cm³/mol. The monoisotopic (exact) mass is 576 g/mol. The molecule has 0 aliphatic rings. The number of benzene rings is 2. The second kappa shape index (κ2) is 13.1. The van der Waals surface area contributed by atoms with Crippen molar-refractivity contribution in [2.24, 2.45) is 5.73 Å². The first-order valence-electron chi connectivity index (χ1n) is 12.6. The highest BCUT2D eigenvalue weighted by Crippen LogP contribution is 2.32. The van der Waals surface area contributed by atoms with Gasteiger partial charge in [-0.15, -0.1) is 13.2 Å². The van der Waals surface area contributed by atoms with E-state index in [2.05, 4.69) is 20.0 Å². The Morgan fingerprint density at radius 3 is 2.67 bits per heavy atom. The van der Waals surface area contributed by atoms with E-state index in [-0.39, 0.29) is 11.1 Å². The van der Waals surface area contributed by atoms with Crippen molar-refractivity contribution in [3.63, 3.8) is 0 Å². The molecular weight excluding hydrogens is 549 g/mol. The number of carbonyl (C=O) groups excluding carboxylic acids is 1. The van der Waals surface area contributed by atoms with Crippen molar-refractivity contribution < 1.29 is 32.2 Å². The van der Waals surface area contributed by atoms with Crippen LogP contribution in [0.15, 0.2) is 54.9 Å². The second-order valence-electron chi connectivity index (χ2n) is 9.13. The molecule has 2 aromatic carbocycles. The highest BCUT2D eigenvalue weighted by atomic mass is 35.5. The predicted octanol–water partition coefficient (Wildman–Crippen LogP) is 5.79. The van der Waals surface area contributed by atoms with Gasteiger partial charge in [0, 0.05) is 47.3 Å². The molecule has 3 N–H and O–H groups in total.